The molecule has 1 aliphatic heterocycles. The van der Waals surface area contributed by atoms with Crippen LogP contribution in [-0.4, -0.2) is 52.5 Å². The predicted octanol–water partition coefficient (Wildman–Crippen LogP) is 2.22. The topological polar surface area (TPSA) is 60.9 Å². The summed E-state index contributed by atoms with van der Waals surface area (Å²) >= 11 is 0. The second-order valence-electron chi connectivity index (χ2n) is 6.49. The summed E-state index contributed by atoms with van der Waals surface area (Å²) in [5.41, 5.74) is 1.12. The van der Waals surface area contributed by atoms with Gasteiger partial charge < -0.3 is 10.0 Å². The van der Waals surface area contributed by atoms with E-state index in [1.807, 2.05) is 49.1 Å². The van der Waals surface area contributed by atoms with Gasteiger partial charge in [0, 0.05) is 12.6 Å². The Morgan fingerprint density at radius 2 is 1.83 bits per heavy atom. The highest BCUT2D eigenvalue weighted by atomic mass is 16.4. The highest BCUT2D eigenvalue weighted by molar-refractivity contribution is 5.78. The number of hydrogen-bond donors (Lipinski definition) is 1. The molecule has 1 N–H and O–H groups in total. The Labute approximate surface area is 137 Å². The fourth-order valence-corrected chi connectivity index (χ4v) is 2.96. The van der Waals surface area contributed by atoms with Gasteiger partial charge in [0.05, 0.1) is 12.5 Å². The number of amides is 1. The molecule has 0 spiro atoms. The summed E-state index contributed by atoms with van der Waals surface area (Å²) in [6.07, 6.45) is 1.26. The molecule has 0 bridgehead atoms. The van der Waals surface area contributed by atoms with Crippen LogP contribution in [0.2, 0.25) is 0 Å². The van der Waals surface area contributed by atoms with Gasteiger partial charge in [0.2, 0.25) is 5.91 Å². The number of benzene rings is 1. The van der Waals surface area contributed by atoms with E-state index >= 15 is 0 Å². The molecule has 5 nitrogen and oxygen atoms in total. The molecule has 2 rings (SSSR count). The zero-order chi connectivity index (χ0) is 16.8. The van der Waals surface area contributed by atoms with E-state index in [1.165, 1.54) is 0 Å². The van der Waals surface area contributed by atoms with Crippen molar-refractivity contribution < 1.29 is 14.7 Å². The molecule has 1 heterocycles. The summed E-state index contributed by atoms with van der Waals surface area (Å²) in [7, 11) is 0. The SMILES string of the molecule is CC(C)N(Cc1ccccc1)C(=O)CN1CCC(C(=O)O)CC1. The zero-order valence-electron chi connectivity index (χ0n) is 13.9. The number of carbonyl (C=O) groups excluding carboxylic acids is 1. The second-order valence-corrected chi connectivity index (χ2v) is 6.49. The quantitative estimate of drug-likeness (QED) is 0.874. The second kappa shape index (κ2) is 8.11. The van der Waals surface area contributed by atoms with Crippen molar-refractivity contribution in [2.24, 2.45) is 5.92 Å². The highest BCUT2D eigenvalue weighted by Crippen LogP contribution is 2.18. The van der Waals surface area contributed by atoms with E-state index in [1.54, 1.807) is 0 Å². The minimum absolute atomic E-state index is 0.109. The fourth-order valence-electron chi connectivity index (χ4n) is 2.96. The number of carboxylic acids is 1. The van der Waals surface area contributed by atoms with E-state index in [0.717, 1.165) is 5.56 Å². The number of nitrogens with zero attached hydrogens (tertiary/aromatic N) is 2. The molecular weight excluding hydrogens is 292 g/mol. The van der Waals surface area contributed by atoms with Crippen molar-refractivity contribution >= 4 is 11.9 Å². The molecule has 0 aliphatic carbocycles. The maximum Gasteiger partial charge on any atom is 0.306 e. The number of likely N-dealkylation sites (tertiary alicyclic amines) is 1. The molecule has 1 aromatic rings. The van der Waals surface area contributed by atoms with Crippen LogP contribution in [0.5, 0.6) is 0 Å². The highest BCUT2D eigenvalue weighted by Gasteiger charge is 2.27. The van der Waals surface area contributed by atoms with Crippen molar-refractivity contribution in [1.29, 1.82) is 0 Å². The van der Waals surface area contributed by atoms with Crippen LogP contribution in [0.15, 0.2) is 30.3 Å². The number of rotatable bonds is 6. The molecular formula is C18H26N2O3. The lowest BCUT2D eigenvalue weighted by Gasteiger charge is -2.33. The van der Waals surface area contributed by atoms with Crippen LogP contribution in [0.25, 0.3) is 0 Å². The number of piperidine rings is 1. The van der Waals surface area contributed by atoms with Crippen molar-refractivity contribution in [3.63, 3.8) is 0 Å². The molecule has 0 aromatic heterocycles. The maximum absolute atomic E-state index is 12.6. The Bertz CT molecular complexity index is 522. The Morgan fingerprint density at radius 1 is 1.22 bits per heavy atom. The Kier molecular flexibility index (Phi) is 6.16. The zero-order valence-corrected chi connectivity index (χ0v) is 13.9. The lowest BCUT2D eigenvalue weighted by Crippen LogP contribution is -2.46. The van der Waals surface area contributed by atoms with Gasteiger partial charge in [-0.15, -0.1) is 0 Å². The van der Waals surface area contributed by atoms with E-state index in [9.17, 15) is 9.59 Å². The Morgan fingerprint density at radius 3 is 2.35 bits per heavy atom. The van der Waals surface area contributed by atoms with E-state index in [0.29, 0.717) is 39.0 Å². The Hall–Kier alpha value is -1.88. The van der Waals surface area contributed by atoms with Gasteiger partial charge in [-0.05, 0) is 45.3 Å². The fraction of sp³-hybridized carbons (Fsp3) is 0.556. The molecule has 1 aliphatic rings. The van der Waals surface area contributed by atoms with Crippen LogP contribution in [0.1, 0.15) is 32.3 Å². The van der Waals surface area contributed by atoms with Crippen LogP contribution < -0.4 is 0 Å². The molecule has 1 saturated heterocycles. The molecule has 1 aromatic carbocycles. The molecule has 126 valence electrons. The first kappa shape index (κ1) is 17.5. The van der Waals surface area contributed by atoms with Gasteiger partial charge in [-0.3, -0.25) is 14.5 Å². The van der Waals surface area contributed by atoms with Crippen LogP contribution in [-0.2, 0) is 16.1 Å². The van der Waals surface area contributed by atoms with E-state index in [-0.39, 0.29) is 17.9 Å². The van der Waals surface area contributed by atoms with Crippen LogP contribution in [0, 0.1) is 5.92 Å². The molecule has 0 unspecified atom stereocenters. The molecule has 5 heteroatoms. The summed E-state index contributed by atoms with van der Waals surface area (Å²) in [5, 5.41) is 9.04. The largest absolute Gasteiger partial charge is 0.481 e. The molecule has 1 fully saturated rings. The summed E-state index contributed by atoms with van der Waals surface area (Å²) in [6.45, 7) is 6.40. The first-order valence-corrected chi connectivity index (χ1v) is 8.26. The van der Waals surface area contributed by atoms with Crippen molar-refractivity contribution in [3.8, 4) is 0 Å². The third-order valence-electron chi connectivity index (χ3n) is 4.44. The van der Waals surface area contributed by atoms with Gasteiger partial charge in [0.15, 0.2) is 0 Å². The molecule has 0 atom stereocenters. The minimum Gasteiger partial charge on any atom is -0.481 e. The summed E-state index contributed by atoms with van der Waals surface area (Å²) in [5.74, 6) is -0.867. The van der Waals surface area contributed by atoms with Gasteiger partial charge >= 0.3 is 5.97 Å². The van der Waals surface area contributed by atoms with Gasteiger partial charge in [-0.1, -0.05) is 30.3 Å². The van der Waals surface area contributed by atoms with Gasteiger partial charge in [-0.2, -0.15) is 0 Å². The van der Waals surface area contributed by atoms with Gasteiger partial charge in [-0.25, -0.2) is 0 Å². The summed E-state index contributed by atoms with van der Waals surface area (Å²) in [6, 6.07) is 10.1. The molecule has 23 heavy (non-hydrogen) atoms. The van der Waals surface area contributed by atoms with E-state index < -0.39 is 5.97 Å². The maximum atomic E-state index is 12.6. The standard InChI is InChI=1S/C18H26N2O3/c1-14(2)20(12-15-6-4-3-5-7-15)17(21)13-19-10-8-16(9-11-19)18(22)23/h3-7,14,16H,8-13H2,1-2H3,(H,22,23). The number of hydrogen-bond acceptors (Lipinski definition) is 3. The van der Waals surface area contributed by atoms with Crippen LogP contribution in [0.3, 0.4) is 0 Å². The minimum atomic E-state index is -0.719. The number of carbonyl (C=O) groups is 2. The lowest BCUT2D eigenvalue weighted by molar-refractivity contribution is -0.143. The number of aliphatic carboxylic acids is 1. The molecule has 0 saturated carbocycles. The third-order valence-corrected chi connectivity index (χ3v) is 4.44. The Balaban J connectivity index is 1.90. The van der Waals surface area contributed by atoms with Gasteiger partial charge in [0.1, 0.15) is 0 Å². The average Bonchev–Trinajstić information content (AvgIpc) is 2.53. The third kappa shape index (κ3) is 5.06. The van der Waals surface area contributed by atoms with Gasteiger partial charge in [0.25, 0.3) is 0 Å². The van der Waals surface area contributed by atoms with E-state index in [4.69, 9.17) is 5.11 Å². The normalized spacial score (nSPS) is 16.5. The monoisotopic (exact) mass is 318 g/mol. The first-order valence-electron chi connectivity index (χ1n) is 8.26. The average molecular weight is 318 g/mol. The predicted molar refractivity (Wildman–Crippen MR) is 88.9 cm³/mol. The first-order chi connectivity index (χ1) is 11.0. The molecule has 0 radical (unpaired) electrons. The van der Waals surface area contributed by atoms with Crippen LogP contribution >= 0.6 is 0 Å². The van der Waals surface area contributed by atoms with Crippen molar-refractivity contribution in [3.05, 3.63) is 35.9 Å². The smallest absolute Gasteiger partial charge is 0.306 e. The van der Waals surface area contributed by atoms with Crippen molar-refractivity contribution in [1.82, 2.24) is 9.80 Å². The van der Waals surface area contributed by atoms with Crippen LogP contribution in [0.4, 0.5) is 0 Å². The summed E-state index contributed by atoms with van der Waals surface area (Å²) in [4.78, 5) is 27.6. The number of carboxylic acid groups (broad SMARTS) is 1. The molecule has 1 amide bonds. The van der Waals surface area contributed by atoms with Crippen molar-refractivity contribution in [2.75, 3.05) is 19.6 Å². The van der Waals surface area contributed by atoms with E-state index in [2.05, 4.69) is 4.90 Å². The van der Waals surface area contributed by atoms with Crippen molar-refractivity contribution in [2.45, 2.75) is 39.3 Å². The lowest BCUT2D eigenvalue weighted by atomic mass is 9.97. The summed E-state index contributed by atoms with van der Waals surface area (Å²) < 4.78 is 0.